The van der Waals surface area contributed by atoms with Crippen LogP contribution >= 0.6 is 38.6 Å². The summed E-state index contributed by atoms with van der Waals surface area (Å²) in [5, 5.41) is 14.4. The molecule has 11 heteroatoms. The van der Waals surface area contributed by atoms with Gasteiger partial charge in [-0.2, -0.15) is 0 Å². The predicted molar refractivity (Wildman–Crippen MR) is 136 cm³/mol. The lowest BCUT2D eigenvalue weighted by Crippen LogP contribution is -2.09. The van der Waals surface area contributed by atoms with E-state index in [-0.39, 0.29) is 9.88 Å². The molecule has 0 saturated carbocycles. The number of halogens is 1. The molecule has 0 aliphatic carbocycles. The standard InChI is InChI=1S/C23H18BrN3O5S2/c1-2-13-31-16-7-3-14(4-8-16)20-22(32-17-9-5-15(24)6-10-17)34-23(25-20)26-21(28)18-11-12-19(33-18)27(29)30/h3-12H,2,13H2,1H3,(H,25,26,28). The molecule has 8 nitrogen and oxygen atoms in total. The zero-order valence-corrected chi connectivity index (χ0v) is 21.0. The van der Waals surface area contributed by atoms with Gasteiger partial charge in [-0.05, 0) is 61.0 Å². The molecule has 2 aromatic carbocycles. The van der Waals surface area contributed by atoms with E-state index < -0.39 is 10.8 Å². The molecule has 2 aromatic heterocycles. The topological polar surface area (TPSA) is 104 Å². The van der Waals surface area contributed by atoms with Crippen molar-refractivity contribution < 1.29 is 19.2 Å². The van der Waals surface area contributed by atoms with E-state index >= 15 is 0 Å². The van der Waals surface area contributed by atoms with Crippen LogP contribution in [0.3, 0.4) is 0 Å². The number of rotatable bonds is 9. The predicted octanol–water partition coefficient (Wildman–Crippen LogP) is 7.38. The Labute approximate surface area is 211 Å². The Balaban J connectivity index is 1.62. The van der Waals surface area contributed by atoms with Crippen LogP contribution in [0.2, 0.25) is 0 Å². The van der Waals surface area contributed by atoms with E-state index in [0.717, 1.165) is 33.5 Å². The highest BCUT2D eigenvalue weighted by molar-refractivity contribution is 9.10. The Hall–Kier alpha value is -3.28. The fourth-order valence-corrected chi connectivity index (χ4v) is 4.69. The van der Waals surface area contributed by atoms with Crippen LogP contribution in [0.15, 0.2) is 65.1 Å². The zero-order chi connectivity index (χ0) is 24.1. The molecule has 0 unspecified atom stereocenters. The fraction of sp³-hybridized carbons (Fsp3) is 0.130. The third-order valence-electron chi connectivity index (χ3n) is 4.44. The van der Waals surface area contributed by atoms with Crippen molar-refractivity contribution >= 4 is 54.6 Å². The summed E-state index contributed by atoms with van der Waals surface area (Å²) in [5.74, 6) is 0.892. The number of aromatic nitrogens is 1. The van der Waals surface area contributed by atoms with Gasteiger partial charge in [-0.3, -0.25) is 20.2 Å². The Kier molecular flexibility index (Phi) is 7.56. The lowest BCUT2D eigenvalue weighted by molar-refractivity contribution is -0.380. The minimum atomic E-state index is -0.527. The molecule has 0 radical (unpaired) electrons. The monoisotopic (exact) mass is 559 g/mol. The molecule has 0 atom stereocenters. The Morgan fingerprint density at radius 3 is 2.41 bits per heavy atom. The molecule has 0 aliphatic heterocycles. The Bertz CT molecular complexity index is 1300. The highest BCUT2D eigenvalue weighted by Gasteiger charge is 2.20. The van der Waals surface area contributed by atoms with Gasteiger partial charge in [0.15, 0.2) is 5.13 Å². The van der Waals surface area contributed by atoms with Crippen LogP contribution in [-0.2, 0) is 0 Å². The number of nitro groups is 1. The van der Waals surface area contributed by atoms with Crippen molar-refractivity contribution in [3.63, 3.8) is 0 Å². The number of hydrogen-bond donors (Lipinski definition) is 1. The number of benzene rings is 2. The van der Waals surface area contributed by atoms with Crippen molar-refractivity contribution in [1.29, 1.82) is 0 Å². The first-order valence-electron chi connectivity index (χ1n) is 10.2. The fourth-order valence-electron chi connectivity index (χ4n) is 2.86. The van der Waals surface area contributed by atoms with Crippen LogP contribution in [0.5, 0.6) is 16.6 Å². The summed E-state index contributed by atoms with van der Waals surface area (Å²) in [5.41, 5.74) is 1.35. The maximum absolute atomic E-state index is 12.6. The molecule has 4 rings (SSSR count). The second kappa shape index (κ2) is 10.8. The zero-order valence-electron chi connectivity index (χ0n) is 17.8. The number of anilines is 1. The normalized spacial score (nSPS) is 10.6. The van der Waals surface area contributed by atoms with Crippen molar-refractivity contribution in [3.05, 3.63) is 80.1 Å². The second-order valence-corrected chi connectivity index (χ2v) is 9.87. The van der Waals surface area contributed by atoms with Gasteiger partial charge in [0.1, 0.15) is 17.2 Å². The smallest absolute Gasteiger partial charge is 0.324 e. The first-order valence-corrected chi connectivity index (χ1v) is 12.6. The lowest BCUT2D eigenvalue weighted by Gasteiger charge is -2.07. The van der Waals surface area contributed by atoms with E-state index in [4.69, 9.17) is 9.47 Å². The van der Waals surface area contributed by atoms with Crippen molar-refractivity contribution in [2.75, 3.05) is 11.9 Å². The molecular formula is C23H18BrN3O5S2. The van der Waals surface area contributed by atoms with Gasteiger partial charge in [-0.15, -0.1) is 0 Å². The van der Waals surface area contributed by atoms with Gasteiger partial charge in [0.25, 0.3) is 5.91 Å². The van der Waals surface area contributed by atoms with Crippen LogP contribution in [0.4, 0.5) is 10.1 Å². The average Bonchev–Trinajstić information content (AvgIpc) is 3.47. The van der Waals surface area contributed by atoms with Crippen LogP contribution in [0.25, 0.3) is 11.3 Å². The molecule has 2 heterocycles. The molecule has 0 fully saturated rings. The summed E-state index contributed by atoms with van der Waals surface area (Å²) in [6.45, 7) is 2.67. The Morgan fingerprint density at radius 2 is 1.76 bits per heavy atom. The van der Waals surface area contributed by atoms with Crippen molar-refractivity contribution in [3.8, 4) is 27.8 Å². The number of thiazole rings is 1. The number of amides is 1. The number of nitrogens with one attached hydrogen (secondary N) is 1. The van der Waals surface area contributed by atoms with E-state index in [9.17, 15) is 14.9 Å². The molecule has 0 saturated heterocycles. The third-order valence-corrected chi connectivity index (χ3v) is 6.85. The first-order chi connectivity index (χ1) is 16.4. The molecular weight excluding hydrogens is 542 g/mol. The van der Waals surface area contributed by atoms with Crippen LogP contribution in [0.1, 0.15) is 23.0 Å². The highest BCUT2D eigenvalue weighted by Crippen LogP contribution is 2.41. The number of hydrogen-bond acceptors (Lipinski definition) is 8. The second-order valence-electron chi connectivity index (χ2n) is 6.93. The summed E-state index contributed by atoms with van der Waals surface area (Å²) >= 11 is 5.38. The Morgan fingerprint density at radius 1 is 1.06 bits per heavy atom. The van der Waals surface area contributed by atoms with E-state index in [2.05, 4.69) is 26.2 Å². The number of carbonyl (C=O) groups is 1. The van der Waals surface area contributed by atoms with Crippen LogP contribution in [-0.4, -0.2) is 22.4 Å². The molecule has 1 N–H and O–H groups in total. The highest BCUT2D eigenvalue weighted by atomic mass is 79.9. The van der Waals surface area contributed by atoms with E-state index in [1.54, 1.807) is 0 Å². The SMILES string of the molecule is CCCOc1ccc(-c2nc(NC(=O)c3ccc([N+](=O)[O-])s3)sc2Oc2ccc(Br)cc2)cc1. The lowest BCUT2D eigenvalue weighted by atomic mass is 10.1. The van der Waals surface area contributed by atoms with E-state index in [1.807, 2.05) is 55.5 Å². The third kappa shape index (κ3) is 5.79. The molecule has 4 aromatic rings. The van der Waals surface area contributed by atoms with Crippen LogP contribution < -0.4 is 14.8 Å². The maximum Gasteiger partial charge on any atom is 0.324 e. The number of carbonyl (C=O) groups excluding carboxylic acids is 1. The van der Waals surface area contributed by atoms with Crippen molar-refractivity contribution in [1.82, 2.24) is 4.98 Å². The summed E-state index contributed by atoms with van der Waals surface area (Å²) in [6, 6.07) is 17.6. The maximum atomic E-state index is 12.6. The van der Waals surface area contributed by atoms with Gasteiger partial charge in [0.2, 0.25) is 5.06 Å². The summed E-state index contributed by atoms with van der Waals surface area (Å²) in [7, 11) is 0. The number of thiophene rings is 1. The summed E-state index contributed by atoms with van der Waals surface area (Å²) in [4.78, 5) is 27.8. The summed E-state index contributed by atoms with van der Waals surface area (Å²) < 4.78 is 12.7. The van der Waals surface area contributed by atoms with Gasteiger partial charge in [-0.1, -0.05) is 45.5 Å². The van der Waals surface area contributed by atoms with Crippen molar-refractivity contribution in [2.45, 2.75) is 13.3 Å². The minimum absolute atomic E-state index is 0.102. The molecule has 0 bridgehead atoms. The molecule has 174 valence electrons. The minimum Gasteiger partial charge on any atom is -0.494 e. The molecule has 1 amide bonds. The molecule has 0 aliphatic rings. The van der Waals surface area contributed by atoms with Crippen LogP contribution in [0, 0.1) is 10.1 Å². The average molecular weight is 560 g/mol. The van der Waals surface area contributed by atoms with Gasteiger partial charge in [0, 0.05) is 16.1 Å². The van der Waals surface area contributed by atoms with Gasteiger partial charge in [-0.25, -0.2) is 4.98 Å². The van der Waals surface area contributed by atoms with Crippen molar-refractivity contribution in [2.24, 2.45) is 0 Å². The van der Waals surface area contributed by atoms with Gasteiger partial charge in [0.05, 0.1) is 16.4 Å². The first kappa shape index (κ1) is 23.9. The van der Waals surface area contributed by atoms with E-state index in [1.165, 1.54) is 23.5 Å². The quantitative estimate of drug-likeness (QED) is 0.169. The largest absolute Gasteiger partial charge is 0.494 e. The number of ether oxygens (including phenoxy) is 2. The summed E-state index contributed by atoms with van der Waals surface area (Å²) in [6.07, 6.45) is 0.912. The molecule has 34 heavy (non-hydrogen) atoms. The van der Waals surface area contributed by atoms with Gasteiger partial charge >= 0.3 is 5.00 Å². The number of nitrogens with zero attached hydrogens (tertiary/aromatic N) is 2. The molecule has 0 spiro atoms. The van der Waals surface area contributed by atoms with E-state index in [0.29, 0.717) is 28.2 Å². The van der Waals surface area contributed by atoms with Gasteiger partial charge < -0.3 is 9.47 Å².